The molecule has 0 saturated carbocycles. The molecule has 0 radical (unpaired) electrons. The van der Waals surface area contributed by atoms with Gasteiger partial charge in [-0.2, -0.15) is 4.98 Å². The molecule has 2 aromatic carbocycles. The largest absolute Gasteiger partial charge is 0.506 e. The van der Waals surface area contributed by atoms with Gasteiger partial charge in [-0.1, -0.05) is 16.8 Å². The maximum absolute atomic E-state index is 13.3. The van der Waals surface area contributed by atoms with Gasteiger partial charge in [0.2, 0.25) is 5.82 Å². The maximum Gasteiger partial charge on any atom is 0.258 e. The molecule has 106 valence electrons. The minimum absolute atomic E-state index is 0.0192. The molecule has 1 aromatic heterocycles. The van der Waals surface area contributed by atoms with E-state index < -0.39 is 0 Å². The minimum Gasteiger partial charge on any atom is -0.506 e. The predicted molar refractivity (Wildman–Crippen MR) is 76.5 cm³/mol. The first-order valence-electron chi connectivity index (χ1n) is 6.14. The van der Waals surface area contributed by atoms with Gasteiger partial charge in [0.25, 0.3) is 5.89 Å². The van der Waals surface area contributed by atoms with Crippen molar-refractivity contribution in [3.63, 3.8) is 0 Å². The average Bonchev–Trinajstić information content (AvgIpc) is 2.94. The van der Waals surface area contributed by atoms with Gasteiger partial charge in [-0.3, -0.25) is 0 Å². The highest BCUT2D eigenvalue weighted by Gasteiger charge is 2.13. The molecule has 0 amide bonds. The summed E-state index contributed by atoms with van der Waals surface area (Å²) in [5.41, 5.74) is 1.76. The molecule has 21 heavy (non-hydrogen) atoms. The summed E-state index contributed by atoms with van der Waals surface area (Å²) in [5.74, 6) is 0.327. The number of hydrogen-bond acceptors (Lipinski definition) is 4. The van der Waals surface area contributed by atoms with Crippen LogP contribution in [0.1, 0.15) is 5.56 Å². The van der Waals surface area contributed by atoms with Gasteiger partial charge < -0.3 is 9.63 Å². The lowest BCUT2D eigenvalue weighted by atomic mass is 10.1. The second kappa shape index (κ2) is 5.18. The van der Waals surface area contributed by atoms with Crippen molar-refractivity contribution in [3.8, 4) is 28.6 Å². The van der Waals surface area contributed by atoms with E-state index in [1.165, 1.54) is 18.2 Å². The fourth-order valence-corrected chi connectivity index (χ4v) is 2.06. The number of aryl methyl sites for hydroxylation is 1. The molecule has 0 atom stereocenters. The second-order valence-corrected chi connectivity index (χ2v) is 4.96. The fourth-order valence-electron chi connectivity index (χ4n) is 1.88. The monoisotopic (exact) mass is 304 g/mol. The third-order valence-corrected chi connectivity index (χ3v) is 3.34. The highest BCUT2D eigenvalue weighted by atomic mass is 35.5. The highest BCUT2D eigenvalue weighted by molar-refractivity contribution is 6.32. The Labute approximate surface area is 124 Å². The molecule has 0 spiro atoms. The Morgan fingerprint density at radius 2 is 1.90 bits per heavy atom. The smallest absolute Gasteiger partial charge is 0.258 e. The lowest BCUT2D eigenvalue weighted by molar-refractivity contribution is 0.432. The molecule has 0 fully saturated rings. The molecule has 0 unspecified atom stereocenters. The number of benzene rings is 2. The van der Waals surface area contributed by atoms with Crippen LogP contribution in [0.2, 0.25) is 5.02 Å². The van der Waals surface area contributed by atoms with Crippen molar-refractivity contribution < 1.29 is 14.0 Å². The number of nitrogens with zero attached hydrogens (tertiary/aromatic N) is 2. The quantitative estimate of drug-likeness (QED) is 0.770. The molecule has 0 aliphatic heterocycles. The van der Waals surface area contributed by atoms with Crippen molar-refractivity contribution in [1.29, 1.82) is 0 Å². The van der Waals surface area contributed by atoms with E-state index in [0.29, 0.717) is 22.5 Å². The number of hydrogen-bond donors (Lipinski definition) is 1. The summed E-state index contributed by atoms with van der Waals surface area (Å²) in [6, 6.07) is 9.19. The zero-order valence-electron chi connectivity index (χ0n) is 11.0. The number of phenolic OH excluding ortho intramolecular Hbond substituents is 1. The molecule has 4 nitrogen and oxygen atoms in total. The Kier molecular flexibility index (Phi) is 3.35. The molecule has 0 saturated heterocycles. The third-order valence-electron chi connectivity index (χ3n) is 3.04. The van der Waals surface area contributed by atoms with Gasteiger partial charge in [-0.25, -0.2) is 4.39 Å². The van der Waals surface area contributed by atoms with Gasteiger partial charge >= 0.3 is 0 Å². The van der Waals surface area contributed by atoms with E-state index in [4.69, 9.17) is 16.1 Å². The van der Waals surface area contributed by atoms with Gasteiger partial charge in [0.15, 0.2) is 0 Å². The summed E-state index contributed by atoms with van der Waals surface area (Å²) in [4.78, 5) is 4.25. The highest BCUT2D eigenvalue weighted by Crippen LogP contribution is 2.29. The predicted octanol–water partition coefficient (Wildman–Crippen LogP) is 4.21. The SMILES string of the molecule is Cc1cc(-c2noc(-c3ccc(O)c(Cl)c3)n2)ccc1F. The normalized spacial score (nSPS) is 10.8. The van der Waals surface area contributed by atoms with Gasteiger partial charge in [0.05, 0.1) is 5.02 Å². The van der Waals surface area contributed by atoms with E-state index in [9.17, 15) is 9.50 Å². The molecule has 3 rings (SSSR count). The van der Waals surface area contributed by atoms with Gasteiger partial charge in [0.1, 0.15) is 11.6 Å². The molecule has 1 N–H and O–H groups in total. The van der Waals surface area contributed by atoms with Crippen LogP contribution in [0.5, 0.6) is 5.75 Å². The fraction of sp³-hybridized carbons (Fsp3) is 0.0667. The summed E-state index contributed by atoms with van der Waals surface area (Å²) in [6.07, 6.45) is 0. The van der Waals surface area contributed by atoms with Gasteiger partial charge in [0, 0.05) is 11.1 Å². The van der Waals surface area contributed by atoms with Crippen LogP contribution in [0.3, 0.4) is 0 Å². The first-order valence-corrected chi connectivity index (χ1v) is 6.51. The van der Waals surface area contributed by atoms with Crippen LogP contribution in [0.25, 0.3) is 22.8 Å². The Morgan fingerprint density at radius 3 is 2.62 bits per heavy atom. The van der Waals surface area contributed by atoms with E-state index in [2.05, 4.69) is 10.1 Å². The van der Waals surface area contributed by atoms with Crippen LogP contribution in [0.15, 0.2) is 40.9 Å². The molecule has 1 heterocycles. The van der Waals surface area contributed by atoms with Crippen LogP contribution < -0.4 is 0 Å². The first kappa shape index (κ1) is 13.6. The van der Waals surface area contributed by atoms with Crippen molar-refractivity contribution in [2.75, 3.05) is 0 Å². The van der Waals surface area contributed by atoms with Crippen LogP contribution in [-0.4, -0.2) is 15.2 Å². The summed E-state index contributed by atoms with van der Waals surface area (Å²) >= 11 is 5.84. The Bertz CT molecular complexity index is 751. The number of aromatic hydroxyl groups is 1. The Hall–Kier alpha value is -2.40. The van der Waals surface area contributed by atoms with Crippen LogP contribution in [0.4, 0.5) is 4.39 Å². The minimum atomic E-state index is -0.284. The molecule has 3 aromatic rings. The second-order valence-electron chi connectivity index (χ2n) is 4.55. The summed E-state index contributed by atoms with van der Waals surface area (Å²) in [6.45, 7) is 1.67. The lowest BCUT2D eigenvalue weighted by Crippen LogP contribution is -1.86. The Balaban J connectivity index is 1.99. The molecule has 0 aliphatic rings. The Morgan fingerprint density at radius 1 is 1.14 bits per heavy atom. The average molecular weight is 305 g/mol. The molecular formula is C15H10ClFN2O2. The van der Waals surface area contributed by atoms with Gasteiger partial charge in [-0.05, 0) is 48.9 Å². The topological polar surface area (TPSA) is 59.2 Å². The van der Waals surface area contributed by atoms with Crippen LogP contribution in [0, 0.1) is 12.7 Å². The molecule has 0 aliphatic carbocycles. The zero-order chi connectivity index (χ0) is 15.0. The first-order chi connectivity index (χ1) is 10.0. The lowest BCUT2D eigenvalue weighted by Gasteiger charge is -1.98. The van der Waals surface area contributed by atoms with E-state index in [1.54, 1.807) is 25.1 Å². The van der Waals surface area contributed by atoms with E-state index in [-0.39, 0.29) is 22.5 Å². The van der Waals surface area contributed by atoms with Crippen LogP contribution >= 0.6 is 11.6 Å². The zero-order valence-corrected chi connectivity index (χ0v) is 11.7. The van der Waals surface area contributed by atoms with Gasteiger partial charge in [-0.15, -0.1) is 0 Å². The number of aromatic nitrogens is 2. The standard InChI is InChI=1S/C15H10ClFN2O2/c1-8-6-9(2-4-12(8)17)14-18-15(21-19-14)10-3-5-13(20)11(16)7-10/h2-7,20H,1H3. The molecular weight excluding hydrogens is 295 g/mol. The number of phenols is 1. The van der Waals surface area contributed by atoms with E-state index in [1.807, 2.05) is 0 Å². The number of rotatable bonds is 2. The van der Waals surface area contributed by atoms with E-state index >= 15 is 0 Å². The summed E-state index contributed by atoms with van der Waals surface area (Å²) < 4.78 is 18.4. The van der Waals surface area contributed by atoms with Crippen molar-refractivity contribution in [2.24, 2.45) is 0 Å². The molecule has 0 bridgehead atoms. The van der Waals surface area contributed by atoms with Crippen LogP contribution in [-0.2, 0) is 0 Å². The molecule has 6 heteroatoms. The van der Waals surface area contributed by atoms with E-state index in [0.717, 1.165) is 0 Å². The van der Waals surface area contributed by atoms with Crippen molar-refractivity contribution >= 4 is 11.6 Å². The summed E-state index contributed by atoms with van der Waals surface area (Å²) in [7, 11) is 0. The number of halogens is 2. The van der Waals surface area contributed by atoms with Crippen molar-refractivity contribution in [1.82, 2.24) is 10.1 Å². The summed E-state index contributed by atoms with van der Waals surface area (Å²) in [5, 5.41) is 13.5. The van der Waals surface area contributed by atoms with Crippen molar-refractivity contribution in [3.05, 3.63) is 52.8 Å². The maximum atomic E-state index is 13.3. The van der Waals surface area contributed by atoms with Crippen molar-refractivity contribution in [2.45, 2.75) is 6.92 Å². The third kappa shape index (κ3) is 2.60.